The highest BCUT2D eigenvalue weighted by Crippen LogP contribution is 2.48. The third kappa shape index (κ3) is 2.64. The Kier molecular flexibility index (Phi) is 3.02. The van der Waals surface area contributed by atoms with Crippen LogP contribution in [0.2, 0.25) is 0 Å². The molecule has 1 N–H and O–H groups in total. The van der Waals surface area contributed by atoms with E-state index >= 15 is 0 Å². The van der Waals surface area contributed by atoms with E-state index < -0.39 is 11.8 Å². The monoisotopic (exact) mass is 205 g/mol. The quantitative estimate of drug-likeness (QED) is 0.753. The summed E-state index contributed by atoms with van der Waals surface area (Å²) in [6.07, 6.45) is 2.25. The van der Waals surface area contributed by atoms with E-state index in [2.05, 4.69) is 5.32 Å². The lowest BCUT2D eigenvalue weighted by atomic mass is 9.99. The van der Waals surface area contributed by atoms with Crippen LogP contribution in [0.4, 0.5) is 8.78 Å². The van der Waals surface area contributed by atoms with Gasteiger partial charge in [0.05, 0.1) is 12.5 Å². The maximum Gasteiger partial charge on any atom is 0.253 e. The van der Waals surface area contributed by atoms with Gasteiger partial charge in [-0.05, 0) is 31.8 Å². The van der Waals surface area contributed by atoms with Crippen LogP contribution in [0.5, 0.6) is 0 Å². The fraction of sp³-hybridized carbons (Fsp3) is 1.00. The Balaban J connectivity index is 1.54. The lowest BCUT2D eigenvalue weighted by molar-refractivity contribution is 0.0381. The predicted molar refractivity (Wildman–Crippen MR) is 49.5 cm³/mol. The molecule has 0 spiro atoms. The first-order chi connectivity index (χ1) is 6.68. The Bertz CT molecular complexity index is 193. The van der Waals surface area contributed by atoms with Crippen LogP contribution in [0, 0.1) is 11.8 Å². The van der Waals surface area contributed by atoms with Gasteiger partial charge in [0.1, 0.15) is 0 Å². The molecule has 2 aliphatic rings. The van der Waals surface area contributed by atoms with Gasteiger partial charge >= 0.3 is 0 Å². The van der Waals surface area contributed by atoms with Gasteiger partial charge in [-0.1, -0.05) is 0 Å². The molecule has 2 rings (SSSR count). The molecule has 4 heteroatoms. The molecular weight excluding hydrogens is 188 g/mol. The average Bonchev–Trinajstić information content (AvgIpc) is 2.76. The Labute approximate surface area is 83.0 Å². The summed E-state index contributed by atoms with van der Waals surface area (Å²) in [5, 5.41) is 3.26. The highest BCUT2D eigenvalue weighted by Gasteiger charge is 2.56. The van der Waals surface area contributed by atoms with Crippen molar-refractivity contribution in [3.63, 3.8) is 0 Å². The van der Waals surface area contributed by atoms with Crippen LogP contribution in [0.15, 0.2) is 0 Å². The zero-order valence-electron chi connectivity index (χ0n) is 8.27. The van der Waals surface area contributed by atoms with Crippen molar-refractivity contribution in [1.82, 2.24) is 5.32 Å². The molecule has 1 saturated carbocycles. The van der Waals surface area contributed by atoms with Crippen molar-refractivity contribution in [3.05, 3.63) is 0 Å². The van der Waals surface area contributed by atoms with Gasteiger partial charge in [-0.25, -0.2) is 8.78 Å². The number of alkyl halides is 2. The van der Waals surface area contributed by atoms with Gasteiger partial charge in [-0.3, -0.25) is 0 Å². The molecular formula is C10H17F2NO. The van der Waals surface area contributed by atoms with E-state index in [-0.39, 0.29) is 13.0 Å². The molecule has 0 aromatic rings. The Morgan fingerprint density at radius 3 is 2.43 bits per heavy atom. The van der Waals surface area contributed by atoms with Crippen molar-refractivity contribution in [3.8, 4) is 0 Å². The molecule has 0 radical (unpaired) electrons. The predicted octanol–water partition coefficient (Wildman–Crippen LogP) is 1.66. The summed E-state index contributed by atoms with van der Waals surface area (Å²) >= 11 is 0. The summed E-state index contributed by atoms with van der Waals surface area (Å²) in [4.78, 5) is 0. The number of piperidine rings is 1. The van der Waals surface area contributed by atoms with Crippen molar-refractivity contribution >= 4 is 0 Å². The number of rotatable bonds is 4. The van der Waals surface area contributed by atoms with Crippen LogP contribution in [0.25, 0.3) is 0 Å². The first-order valence-electron chi connectivity index (χ1n) is 5.35. The van der Waals surface area contributed by atoms with Crippen LogP contribution in [0.1, 0.15) is 19.3 Å². The molecule has 0 aromatic carbocycles. The maximum atomic E-state index is 12.5. The third-order valence-electron chi connectivity index (χ3n) is 3.09. The highest BCUT2D eigenvalue weighted by molar-refractivity contribution is 4.94. The first-order valence-corrected chi connectivity index (χ1v) is 5.35. The van der Waals surface area contributed by atoms with Crippen LogP contribution in [0.3, 0.4) is 0 Å². The van der Waals surface area contributed by atoms with Gasteiger partial charge in [0, 0.05) is 13.0 Å². The van der Waals surface area contributed by atoms with Crippen molar-refractivity contribution in [2.24, 2.45) is 11.8 Å². The fourth-order valence-electron chi connectivity index (χ4n) is 1.88. The van der Waals surface area contributed by atoms with E-state index in [1.807, 2.05) is 0 Å². The molecule has 2 nitrogen and oxygen atoms in total. The summed E-state index contributed by atoms with van der Waals surface area (Å²) in [7, 11) is 0. The Hall–Kier alpha value is -0.220. The van der Waals surface area contributed by atoms with E-state index in [4.69, 9.17) is 4.74 Å². The molecule has 1 heterocycles. The van der Waals surface area contributed by atoms with Gasteiger partial charge in [0.15, 0.2) is 0 Å². The summed E-state index contributed by atoms with van der Waals surface area (Å²) in [6, 6.07) is 0. The molecule has 1 aliphatic carbocycles. The Morgan fingerprint density at radius 1 is 1.21 bits per heavy atom. The third-order valence-corrected chi connectivity index (χ3v) is 3.09. The largest absolute Gasteiger partial charge is 0.381 e. The molecule has 0 amide bonds. The average molecular weight is 205 g/mol. The number of hydrogen-bond donors (Lipinski definition) is 1. The lowest BCUT2D eigenvalue weighted by Gasteiger charge is -2.22. The van der Waals surface area contributed by atoms with E-state index in [0.717, 1.165) is 25.9 Å². The second-order valence-electron chi connectivity index (χ2n) is 4.39. The molecule has 1 atom stereocenters. The number of nitrogens with one attached hydrogen (secondary N) is 1. The molecule has 0 bridgehead atoms. The van der Waals surface area contributed by atoms with Gasteiger partial charge in [-0.15, -0.1) is 0 Å². The molecule has 82 valence electrons. The minimum absolute atomic E-state index is 0.0270. The summed E-state index contributed by atoms with van der Waals surface area (Å²) in [5.41, 5.74) is 0. The minimum Gasteiger partial charge on any atom is -0.381 e. The van der Waals surface area contributed by atoms with Crippen LogP contribution >= 0.6 is 0 Å². The standard InChI is InChI=1S/C10H17F2NO/c11-10(12)5-9(10)7-14-6-8-1-3-13-4-2-8/h8-9,13H,1-7H2. The highest BCUT2D eigenvalue weighted by atomic mass is 19.3. The summed E-state index contributed by atoms with van der Waals surface area (Å²) in [5.74, 6) is -2.35. The van der Waals surface area contributed by atoms with Gasteiger partial charge in [-0.2, -0.15) is 0 Å². The number of hydrogen-bond acceptors (Lipinski definition) is 2. The van der Waals surface area contributed by atoms with E-state index in [0.29, 0.717) is 12.5 Å². The second-order valence-corrected chi connectivity index (χ2v) is 4.39. The van der Waals surface area contributed by atoms with Crippen molar-refractivity contribution in [2.45, 2.75) is 25.2 Å². The topological polar surface area (TPSA) is 21.3 Å². The zero-order chi connectivity index (χ0) is 10.0. The van der Waals surface area contributed by atoms with Crippen LogP contribution in [-0.4, -0.2) is 32.2 Å². The van der Waals surface area contributed by atoms with Crippen molar-refractivity contribution in [1.29, 1.82) is 0 Å². The van der Waals surface area contributed by atoms with Crippen molar-refractivity contribution < 1.29 is 13.5 Å². The lowest BCUT2D eigenvalue weighted by Crippen LogP contribution is -2.30. The van der Waals surface area contributed by atoms with E-state index in [1.54, 1.807) is 0 Å². The number of halogens is 2. The SMILES string of the molecule is FC1(F)CC1COCC1CCNCC1. The van der Waals surface area contributed by atoms with E-state index in [9.17, 15) is 8.78 Å². The van der Waals surface area contributed by atoms with E-state index in [1.165, 1.54) is 0 Å². The smallest absolute Gasteiger partial charge is 0.253 e. The van der Waals surface area contributed by atoms with Crippen LogP contribution in [-0.2, 0) is 4.74 Å². The minimum atomic E-state index is -2.42. The van der Waals surface area contributed by atoms with Gasteiger partial charge in [0.2, 0.25) is 0 Å². The normalized spacial score (nSPS) is 31.7. The zero-order valence-corrected chi connectivity index (χ0v) is 8.27. The molecule has 14 heavy (non-hydrogen) atoms. The molecule has 1 saturated heterocycles. The summed E-state index contributed by atoms with van der Waals surface area (Å²) < 4.78 is 30.3. The molecule has 0 aromatic heterocycles. The maximum absolute atomic E-state index is 12.5. The summed E-state index contributed by atoms with van der Waals surface area (Å²) in [6.45, 7) is 2.98. The Morgan fingerprint density at radius 2 is 1.86 bits per heavy atom. The molecule has 1 aliphatic heterocycles. The van der Waals surface area contributed by atoms with Crippen molar-refractivity contribution in [2.75, 3.05) is 26.3 Å². The second kappa shape index (κ2) is 4.11. The van der Waals surface area contributed by atoms with Gasteiger partial charge < -0.3 is 10.1 Å². The molecule has 1 unspecified atom stereocenters. The number of ether oxygens (including phenoxy) is 1. The fourth-order valence-corrected chi connectivity index (χ4v) is 1.88. The molecule has 2 fully saturated rings. The first kappa shape index (κ1) is 10.3. The van der Waals surface area contributed by atoms with Crippen LogP contribution < -0.4 is 5.32 Å². The van der Waals surface area contributed by atoms with Gasteiger partial charge in [0.25, 0.3) is 5.92 Å².